The summed E-state index contributed by atoms with van der Waals surface area (Å²) in [4.78, 5) is 17.9. The highest BCUT2D eigenvalue weighted by Gasteiger charge is 2.33. The molecule has 0 saturated carbocycles. The summed E-state index contributed by atoms with van der Waals surface area (Å²) in [5.41, 5.74) is 0.483. The van der Waals surface area contributed by atoms with Crippen LogP contribution in [-0.4, -0.2) is 44.2 Å². The van der Waals surface area contributed by atoms with Crippen LogP contribution in [0, 0.1) is 12.3 Å². The molecular weight excluding hydrogens is 326 g/mol. The molecule has 3 rings (SSSR count). The minimum Gasteiger partial charge on any atom is -0.462 e. The van der Waals surface area contributed by atoms with Crippen molar-refractivity contribution >= 4 is 17.2 Å². The molecule has 24 heavy (non-hydrogen) atoms. The van der Waals surface area contributed by atoms with E-state index in [4.69, 9.17) is 9.15 Å². The van der Waals surface area contributed by atoms with Gasteiger partial charge in [-0.3, -0.25) is 4.79 Å². The van der Waals surface area contributed by atoms with Crippen LogP contribution in [0.5, 0.6) is 0 Å². The molecule has 2 aromatic rings. The first-order valence-electron chi connectivity index (χ1n) is 8.13. The lowest BCUT2D eigenvalue weighted by atomic mass is 9.79. The number of carbonyl (C=O) groups is 1. The van der Waals surface area contributed by atoms with E-state index in [1.807, 2.05) is 19.1 Å². The highest BCUT2D eigenvalue weighted by Crippen LogP contribution is 2.30. The first kappa shape index (κ1) is 17.1. The minimum atomic E-state index is -0.129. The van der Waals surface area contributed by atoms with Crippen LogP contribution in [0.25, 0.3) is 10.8 Å². The summed E-state index contributed by atoms with van der Waals surface area (Å²) in [5.74, 6) is 0.562. The van der Waals surface area contributed by atoms with Gasteiger partial charge in [0, 0.05) is 23.9 Å². The van der Waals surface area contributed by atoms with Crippen molar-refractivity contribution in [1.82, 2.24) is 15.6 Å². The maximum absolute atomic E-state index is 12.6. The molecule has 1 fully saturated rings. The first-order valence-corrected chi connectivity index (χ1v) is 8.94. The normalized spacial score (nSPS) is 16.9. The molecule has 0 atom stereocenters. The van der Waals surface area contributed by atoms with Gasteiger partial charge < -0.3 is 19.8 Å². The summed E-state index contributed by atoms with van der Waals surface area (Å²) >= 11 is 1.47. The van der Waals surface area contributed by atoms with Gasteiger partial charge >= 0.3 is 0 Å². The summed E-state index contributed by atoms with van der Waals surface area (Å²) in [5, 5.41) is 7.15. The van der Waals surface area contributed by atoms with Crippen molar-refractivity contribution in [3.05, 3.63) is 29.0 Å². The van der Waals surface area contributed by atoms with Crippen molar-refractivity contribution in [2.24, 2.45) is 5.41 Å². The highest BCUT2D eigenvalue weighted by atomic mass is 32.1. The number of piperidine rings is 1. The number of hydrogen-bond donors (Lipinski definition) is 2. The standard InChI is InChI=1S/C17H23N3O3S/c1-12-14(20-16(24-12)13-4-3-9-23-13)15(21)19-10-17(11-22-2)5-7-18-8-6-17/h3-4,9,18H,5-8,10-11H2,1-2H3,(H,19,21). The topological polar surface area (TPSA) is 76.4 Å². The Bertz CT molecular complexity index is 670. The number of thiazole rings is 1. The van der Waals surface area contributed by atoms with E-state index in [9.17, 15) is 4.79 Å². The number of carbonyl (C=O) groups excluding carboxylic acids is 1. The Morgan fingerprint density at radius 2 is 2.29 bits per heavy atom. The van der Waals surface area contributed by atoms with Crippen molar-refractivity contribution in [3.63, 3.8) is 0 Å². The number of methoxy groups -OCH3 is 1. The number of ether oxygens (including phenoxy) is 1. The molecule has 3 heterocycles. The number of aromatic nitrogens is 1. The zero-order chi connectivity index (χ0) is 17.0. The van der Waals surface area contributed by atoms with Crippen LogP contribution in [0.3, 0.4) is 0 Å². The van der Waals surface area contributed by atoms with E-state index in [0.29, 0.717) is 24.6 Å². The third kappa shape index (κ3) is 3.68. The minimum absolute atomic E-state index is 0.00340. The SMILES string of the molecule is COCC1(CNC(=O)c2nc(-c3ccco3)sc2C)CCNCC1. The van der Waals surface area contributed by atoms with Gasteiger partial charge in [-0.05, 0) is 45.0 Å². The maximum Gasteiger partial charge on any atom is 0.271 e. The molecule has 1 aliphatic rings. The summed E-state index contributed by atoms with van der Waals surface area (Å²) in [7, 11) is 1.71. The van der Waals surface area contributed by atoms with Gasteiger partial charge in [0.05, 0.1) is 12.9 Å². The summed E-state index contributed by atoms with van der Waals surface area (Å²) in [6, 6.07) is 3.67. The van der Waals surface area contributed by atoms with Crippen molar-refractivity contribution in [3.8, 4) is 10.8 Å². The van der Waals surface area contributed by atoms with Gasteiger partial charge in [0.25, 0.3) is 5.91 Å². The van der Waals surface area contributed by atoms with Crippen molar-refractivity contribution in [1.29, 1.82) is 0 Å². The number of nitrogens with one attached hydrogen (secondary N) is 2. The average Bonchev–Trinajstić information content (AvgIpc) is 3.23. The lowest BCUT2D eigenvalue weighted by molar-refractivity contribution is 0.0511. The van der Waals surface area contributed by atoms with E-state index < -0.39 is 0 Å². The molecule has 1 aliphatic heterocycles. The highest BCUT2D eigenvalue weighted by molar-refractivity contribution is 7.15. The van der Waals surface area contributed by atoms with E-state index in [1.165, 1.54) is 11.3 Å². The lowest BCUT2D eigenvalue weighted by Gasteiger charge is -2.37. The number of nitrogens with zero attached hydrogens (tertiary/aromatic N) is 1. The molecule has 6 nitrogen and oxygen atoms in total. The zero-order valence-corrected chi connectivity index (χ0v) is 14.9. The Balaban J connectivity index is 1.68. The summed E-state index contributed by atoms with van der Waals surface area (Å²) in [6.07, 6.45) is 3.60. The van der Waals surface area contributed by atoms with E-state index in [-0.39, 0.29) is 11.3 Å². The molecule has 0 radical (unpaired) electrons. The molecule has 0 aromatic carbocycles. The Morgan fingerprint density at radius 3 is 2.96 bits per heavy atom. The zero-order valence-electron chi connectivity index (χ0n) is 14.1. The van der Waals surface area contributed by atoms with Gasteiger partial charge in [-0.15, -0.1) is 11.3 Å². The van der Waals surface area contributed by atoms with Gasteiger partial charge in [0.15, 0.2) is 10.8 Å². The van der Waals surface area contributed by atoms with Gasteiger partial charge in [0.1, 0.15) is 5.69 Å². The van der Waals surface area contributed by atoms with Gasteiger partial charge in [0.2, 0.25) is 0 Å². The Kier molecular flexibility index (Phi) is 5.33. The van der Waals surface area contributed by atoms with Crippen LogP contribution in [0.15, 0.2) is 22.8 Å². The van der Waals surface area contributed by atoms with Gasteiger partial charge in [-0.25, -0.2) is 4.98 Å². The molecule has 7 heteroatoms. The van der Waals surface area contributed by atoms with Crippen molar-refractivity contribution in [2.45, 2.75) is 19.8 Å². The van der Waals surface area contributed by atoms with Crippen LogP contribution in [0.1, 0.15) is 28.2 Å². The fourth-order valence-corrected chi connectivity index (χ4v) is 3.98. The molecule has 2 aromatic heterocycles. The average molecular weight is 349 g/mol. The molecule has 2 N–H and O–H groups in total. The lowest BCUT2D eigenvalue weighted by Crippen LogP contribution is -2.47. The molecule has 0 unspecified atom stereocenters. The van der Waals surface area contributed by atoms with Gasteiger partial charge in [-0.1, -0.05) is 0 Å². The van der Waals surface area contributed by atoms with E-state index in [2.05, 4.69) is 15.6 Å². The van der Waals surface area contributed by atoms with Crippen molar-refractivity contribution < 1.29 is 13.9 Å². The fraction of sp³-hybridized carbons (Fsp3) is 0.529. The van der Waals surface area contributed by atoms with Crippen LogP contribution in [-0.2, 0) is 4.74 Å². The molecule has 0 aliphatic carbocycles. The van der Waals surface area contributed by atoms with Crippen LogP contribution in [0.4, 0.5) is 0 Å². The van der Waals surface area contributed by atoms with Crippen LogP contribution < -0.4 is 10.6 Å². The van der Waals surface area contributed by atoms with Crippen LogP contribution >= 0.6 is 11.3 Å². The Hall–Kier alpha value is -1.70. The number of hydrogen-bond acceptors (Lipinski definition) is 6. The summed E-state index contributed by atoms with van der Waals surface area (Å²) in [6.45, 7) is 5.08. The van der Waals surface area contributed by atoms with E-state index in [0.717, 1.165) is 35.8 Å². The first-order chi connectivity index (χ1) is 11.6. The largest absolute Gasteiger partial charge is 0.462 e. The second kappa shape index (κ2) is 7.46. The Morgan fingerprint density at radius 1 is 1.50 bits per heavy atom. The van der Waals surface area contributed by atoms with Crippen molar-refractivity contribution in [2.75, 3.05) is 33.4 Å². The smallest absolute Gasteiger partial charge is 0.271 e. The maximum atomic E-state index is 12.6. The van der Waals surface area contributed by atoms with Gasteiger partial charge in [-0.2, -0.15) is 0 Å². The third-order valence-electron chi connectivity index (χ3n) is 4.48. The molecule has 1 saturated heterocycles. The third-order valence-corrected chi connectivity index (χ3v) is 5.47. The number of rotatable bonds is 6. The predicted octanol–water partition coefficient (Wildman–Crippen LogP) is 2.46. The number of furan rings is 1. The molecule has 1 amide bonds. The number of aryl methyl sites for hydroxylation is 1. The molecular formula is C17H23N3O3S. The Labute approximate surface area is 145 Å². The monoisotopic (exact) mass is 349 g/mol. The molecule has 0 bridgehead atoms. The quantitative estimate of drug-likeness (QED) is 0.838. The molecule has 0 spiro atoms. The van der Waals surface area contributed by atoms with Crippen LogP contribution in [0.2, 0.25) is 0 Å². The second-order valence-corrected chi connectivity index (χ2v) is 7.47. The fourth-order valence-electron chi connectivity index (χ4n) is 3.10. The molecule has 130 valence electrons. The number of amides is 1. The second-order valence-electron chi connectivity index (χ2n) is 6.27. The van der Waals surface area contributed by atoms with E-state index >= 15 is 0 Å². The summed E-state index contributed by atoms with van der Waals surface area (Å²) < 4.78 is 10.8. The predicted molar refractivity (Wildman–Crippen MR) is 93.3 cm³/mol. The van der Waals surface area contributed by atoms with E-state index in [1.54, 1.807) is 13.4 Å².